The maximum Gasteiger partial charge on any atom is 0.342 e. The van der Waals surface area contributed by atoms with Crippen LogP contribution in [0.5, 0.6) is 5.75 Å². The summed E-state index contributed by atoms with van der Waals surface area (Å²) in [5.74, 6) is -2.60. The summed E-state index contributed by atoms with van der Waals surface area (Å²) < 4.78 is 0. The van der Waals surface area contributed by atoms with Crippen molar-refractivity contribution in [2.75, 3.05) is 0 Å². The molecule has 2 aromatic carbocycles. The molecule has 0 saturated heterocycles. The number of rotatable bonds is 6. The number of carboxylic acids is 1. The molecule has 0 amide bonds. The number of phenols is 1. The molecule has 0 aliphatic heterocycles. The zero-order chi connectivity index (χ0) is 19.6. The lowest BCUT2D eigenvalue weighted by atomic mass is 10.1. The monoisotopic (exact) mass is 381 g/mol. The minimum Gasteiger partial charge on any atom is -0.502 e. The van der Waals surface area contributed by atoms with E-state index >= 15 is 0 Å². The van der Waals surface area contributed by atoms with Crippen LogP contribution in [0.1, 0.15) is 10.4 Å². The molecule has 0 spiro atoms. The summed E-state index contributed by atoms with van der Waals surface area (Å²) in [6.07, 6.45) is 0. The molecule has 0 bridgehead atoms. The van der Waals surface area contributed by atoms with Crippen LogP contribution in [0.3, 0.4) is 0 Å². The second-order valence-electron chi connectivity index (χ2n) is 4.67. The fourth-order valence-corrected chi connectivity index (χ4v) is 2.96. The number of nitrogens with zero attached hydrogens (tertiary/aromatic N) is 3. The van der Waals surface area contributed by atoms with Crippen molar-refractivity contribution in [3.8, 4) is 5.75 Å². The predicted octanol–water partition coefficient (Wildman–Crippen LogP) is 2.97. The molecule has 0 aliphatic carbocycles. The Morgan fingerprint density at radius 1 is 0.962 bits per heavy atom. The summed E-state index contributed by atoms with van der Waals surface area (Å²) in [5, 5.41) is 51.5. The summed E-state index contributed by atoms with van der Waals surface area (Å²) in [6, 6.07) is 4.57. The third-order valence-electron chi connectivity index (χ3n) is 3.05. The maximum atomic E-state index is 11.2. The molecular weight excluding hydrogens is 374 g/mol. The second-order valence-corrected chi connectivity index (χ2v) is 5.78. The van der Waals surface area contributed by atoms with Gasteiger partial charge in [0, 0.05) is 17.0 Å². The lowest BCUT2D eigenvalue weighted by Gasteiger charge is -2.06. The number of benzene rings is 2. The van der Waals surface area contributed by atoms with E-state index in [-0.39, 0.29) is 9.79 Å². The van der Waals surface area contributed by atoms with Gasteiger partial charge in [0.05, 0.1) is 25.7 Å². The summed E-state index contributed by atoms with van der Waals surface area (Å²) in [7, 11) is 0. The van der Waals surface area contributed by atoms with Crippen LogP contribution in [-0.4, -0.2) is 31.0 Å². The van der Waals surface area contributed by atoms with Crippen molar-refractivity contribution in [3.05, 3.63) is 66.2 Å². The van der Waals surface area contributed by atoms with Crippen LogP contribution in [0.2, 0.25) is 0 Å². The van der Waals surface area contributed by atoms with E-state index in [1.54, 1.807) is 0 Å². The molecule has 0 aliphatic rings. The highest BCUT2D eigenvalue weighted by Crippen LogP contribution is 2.41. The van der Waals surface area contributed by atoms with E-state index in [2.05, 4.69) is 0 Å². The number of hydrogen-bond acceptors (Lipinski definition) is 9. The second kappa shape index (κ2) is 7.02. The van der Waals surface area contributed by atoms with Gasteiger partial charge in [-0.25, -0.2) is 4.79 Å². The van der Waals surface area contributed by atoms with Gasteiger partial charge >= 0.3 is 11.7 Å². The van der Waals surface area contributed by atoms with Crippen molar-refractivity contribution in [1.82, 2.24) is 0 Å². The maximum absolute atomic E-state index is 11.2. The smallest absolute Gasteiger partial charge is 0.342 e. The first kappa shape index (κ1) is 18.6. The van der Waals surface area contributed by atoms with E-state index in [4.69, 9.17) is 5.11 Å². The Bertz CT molecular complexity index is 960. The van der Waals surface area contributed by atoms with Crippen molar-refractivity contribution in [2.24, 2.45) is 0 Å². The number of nitro groups is 3. The molecule has 12 nitrogen and oxygen atoms in total. The molecule has 0 atom stereocenters. The Balaban J connectivity index is 2.55. The zero-order valence-corrected chi connectivity index (χ0v) is 13.2. The number of aromatic hydroxyl groups is 1. The van der Waals surface area contributed by atoms with Gasteiger partial charge in [0.15, 0.2) is 5.75 Å². The van der Waals surface area contributed by atoms with E-state index in [9.17, 15) is 40.2 Å². The summed E-state index contributed by atoms with van der Waals surface area (Å²) in [4.78, 5) is 41.0. The Labute approximate surface area is 147 Å². The van der Waals surface area contributed by atoms with Gasteiger partial charge in [-0.15, -0.1) is 0 Å². The third-order valence-corrected chi connectivity index (χ3v) is 4.09. The lowest BCUT2D eigenvalue weighted by Crippen LogP contribution is -2.03. The molecule has 0 fully saturated rings. The Kier molecular flexibility index (Phi) is 5.02. The fourth-order valence-electron chi connectivity index (χ4n) is 1.98. The normalized spacial score (nSPS) is 10.3. The third kappa shape index (κ3) is 3.67. The van der Waals surface area contributed by atoms with Crippen molar-refractivity contribution >= 4 is 34.8 Å². The number of phenolic OH excluding ortho intramolecular Hbond substituents is 1. The van der Waals surface area contributed by atoms with Crippen LogP contribution >= 0.6 is 11.8 Å². The molecule has 0 saturated carbocycles. The topological polar surface area (TPSA) is 187 Å². The van der Waals surface area contributed by atoms with Gasteiger partial charge < -0.3 is 10.2 Å². The highest BCUT2D eigenvalue weighted by Gasteiger charge is 2.27. The number of hydrogen-bond donors (Lipinski definition) is 2. The van der Waals surface area contributed by atoms with E-state index in [1.807, 2.05) is 0 Å². The molecule has 134 valence electrons. The Hall–Kier alpha value is -3.74. The molecule has 0 heterocycles. The molecule has 2 rings (SSSR count). The number of non-ortho nitro benzene ring substituents is 1. The molecular formula is C13H7N3O9S. The van der Waals surface area contributed by atoms with E-state index in [1.165, 1.54) is 0 Å². The van der Waals surface area contributed by atoms with E-state index in [0.29, 0.717) is 11.8 Å². The summed E-state index contributed by atoms with van der Waals surface area (Å²) in [5.41, 5.74) is -2.94. The van der Waals surface area contributed by atoms with E-state index < -0.39 is 49.1 Å². The van der Waals surface area contributed by atoms with Gasteiger partial charge in [0.2, 0.25) is 0 Å². The van der Waals surface area contributed by atoms with Crippen LogP contribution in [0.4, 0.5) is 17.1 Å². The summed E-state index contributed by atoms with van der Waals surface area (Å²) in [6.45, 7) is 0. The molecule has 2 aromatic rings. The largest absolute Gasteiger partial charge is 0.502 e. The van der Waals surface area contributed by atoms with Gasteiger partial charge in [0.25, 0.3) is 11.4 Å². The predicted molar refractivity (Wildman–Crippen MR) is 85.6 cm³/mol. The van der Waals surface area contributed by atoms with Crippen molar-refractivity contribution < 1.29 is 29.8 Å². The van der Waals surface area contributed by atoms with Crippen molar-refractivity contribution in [3.63, 3.8) is 0 Å². The van der Waals surface area contributed by atoms with E-state index in [0.717, 1.165) is 30.3 Å². The van der Waals surface area contributed by atoms with Gasteiger partial charge in [-0.05, 0) is 12.1 Å². The minimum atomic E-state index is -1.67. The first-order valence-corrected chi connectivity index (χ1v) is 7.29. The van der Waals surface area contributed by atoms with Crippen LogP contribution in [0.25, 0.3) is 0 Å². The average Bonchev–Trinajstić information content (AvgIpc) is 2.53. The highest BCUT2D eigenvalue weighted by molar-refractivity contribution is 7.99. The van der Waals surface area contributed by atoms with Gasteiger partial charge in [-0.2, -0.15) is 0 Å². The number of carbonyl (C=O) groups is 1. The highest BCUT2D eigenvalue weighted by atomic mass is 32.2. The molecule has 0 radical (unpaired) electrons. The Morgan fingerprint density at radius 2 is 1.62 bits per heavy atom. The molecule has 26 heavy (non-hydrogen) atoms. The average molecular weight is 381 g/mol. The van der Waals surface area contributed by atoms with Gasteiger partial charge in [-0.1, -0.05) is 11.8 Å². The number of nitro benzene ring substituents is 3. The number of aromatic carboxylic acids is 1. The first-order valence-electron chi connectivity index (χ1n) is 6.47. The first-order chi connectivity index (χ1) is 12.1. The SMILES string of the molecule is O=C(O)c1cc(Sc2ccc([N+](=O)[O-])cc2[N+](=O)[O-])cc(O)c1[N+](=O)[O-]. The van der Waals surface area contributed by atoms with Gasteiger partial charge in [-0.3, -0.25) is 30.3 Å². The summed E-state index contributed by atoms with van der Waals surface area (Å²) >= 11 is 0.619. The standard InChI is InChI=1S/C13H7N3O9S/c17-10-5-7(4-8(13(18)19)12(10)16(24)25)26-11-2-1-6(14(20)21)3-9(11)15(22)23/h1-5,17H,(H,18,19). The minimum absolute atomic E-state index is 0.0394. The fraction of sp³-hybridized carbons (Fsp3) is 0. The number of carboxylic acid groups (broad SMARTS) is 1. The van der Waals surface area contributed by atoms with Crippen LogP contribution < -0.4 is 0 Å². The quantitative estimate of drug-likeness (QED) is 0.556. The van der Waals surface area contributed by atoms with Crippen LogP contribution in [0, 0.1) is 30.3 Å². The molecule has 0 unspecified atom stereocenters. The van der Waals surface area contributed by atoms with Crippen LogP contribution in [0.15, 0.2) is 40.1 Å². The molecule has 2 N–H and O–H groups in total. The van der Waals surface area contributed by atoms with Crippen LogP contribution in [-0.2, 0) is 0 Å². The molecule has 0 aromatic heterocycles. The van der Waals surface area contributed by atoms with Gasteiger partial charge in [0.1, 0.15) is 5.56 Å². The van der Waals surface area contributed by atoms with Crippen molar-refractivity contribution in [1.29, 1.82) is 0 Å². The van der Waals surface area contributed by atoms with Crippen molar-refractivity contribution in [2.45, 2.75) is 9.79 Å². The Morgan fingerprint density at radius 3 is 2.12 bits per heavy atom. The zero-order valence-electron chi connectivity index (χ0n) is 12.4. The lowest BCUT2D eigenvalue weighted by molar-refractivity contribution is -0.396. The molecule has 13 heteroatoms.